The van der Waals surface area contributed by atoms with E-state index in [1.54, 1.807) is 10.8 Å². The summed E-state index contributed by atoms with van der Waals surface area (Å²) in [5.41, 5.74) is 5.38. The molecular weight excluding hydrogens is 564 g/mol. The number of amides is 5. The van der Waals surface area contributed by atoms with E-state index in [1.165, 1.54) is 17.7 Å². The van der Waals surface area contributed by atoms with Gasteiger partial charge in [0.05, 0.1) is 6.54 Å². The third-order valence-electron chi connectivity index (χ3n) is 5.48. The largest absolute Gasteiger partial charge is 0.356 e. The average molecular weight is 611 g/mol. The van der Waals surface area contributed by atoms with Gasteiger partial charge < -0.3 is 16.4 Å². The molecule has 40 heavy (non-hydrogen) atoms. The first-order valence-electron chi connectivity index (χ1n) is 13.5. The average Bonchev–Trinajstić information content (AvgIpc) is 2.93. The topological polar surface area (TPSA) is 206 Å². The first-order chi connectivity index (χ1) is 19.1. The summed E-state index contributed by atoms with van der Waals surface area (Å²) in [5, 5.41) is 36.1. The van der Waals surface area contributed by atoms with Crippen molar-refractivity contribution in [3.8, 4) is 0 Å². The number of hydrogen-bond donors (Lipinski definition) is 6. The van der Waals surface area contributed by atoms with Gasteiger partial charge in [0.15, 0.2) is 0 Å². The van der Waals surface area contributed by atoms with Gasteiger partial charge in [0.25, 0.3) is 0 Å². The van der Waals surface area contributed by atoms with Crippen LogP contribution in [0.1, 0.15) is 71.1 Å². The van der Waals surface area contributed by atoms with E-state index in [1.807, 2.05) is 0 Å². The van der Waals surface area contributed by atoms with E-state index < -0.39 is 17.7 Å². The zero-order valence-corrected chi connectivity index (χ0v) is 25.0. The Morgan fingerprint density at radius 3 is 1.55 bits per heavy atom. The maximum atomic E-state index is 12.0. The molecule has 0 aromatic rings. The van der Waals surface area contributed by atoms with Crippen molar-refractivity contribution in [2.75, 3.05) is 50.8 Å². The lowest BCUT2D eigenvalue weighted by atomic mass is 10.2. The van der Waals surface area contributed by atoms with E-state index >= 15 is 0 Å². The molecule has 0 spiro atoms. The van der Waals surface area contributed by atoms with Crippen molar-refractivity contribution in [3.63, 3.8) is 0 Å². The van der Waals surface area contributed by atoms with Gasteiger partial charge in [0.2, 0.25) is 29.5 Å². The summed E-state index contributed by atoms with van der Waals surface area (Å²) in [5.74, 6) is -0.720. The Bertz CT molecular complexity index is 765. The smallest absolute Gasteiger partial charge is 0.246 e. The fourth-order valence-electron chi connectivity index (χ4n) is 3.15. The predicted octanol–water partition coefficient (Wildman–Crippen LogP) is 1.13. The summed E-state index contributed by atoms with van der Waals surface area (Å²) in [6, 6.07) is 0. The van der Waals surface area contributed by atoms with Crippen molar-refractivity contribution in [3.05, 3.63) is 0 Å². The number of rotatable bonds is 24. The highest BCUT2D eigenvalue weighted by atomic mass is 33.1. The first-order valence-corrected chi connectivity index (χ1v) is 16.0. The molecule has 16 heteroatoms. The van der Waals surface area contributed by atoms with Crippen LogP contribution in [-0.2, 0) is 24.0 Å². The molecule has 0 aliphatic carbocycles. The number of nitrogens with two attached hydrogens (primary N) is 1. The number of hydroxylamine groups is 6. The molecule has 0 aromatic carbocycles. The highest BCUT2D eigenvalue weighted by Gasteiger charge is 2.14. The maximum absolute atomic E-state index is 12.0. The number of nitrogens with one attached hydrogen (secondary N) is 2. The molecule has 14 nitrogen and oxygen atoms in total. The monoisotopic (exact) mass is 610 g/mol. The van der Waals surface area contributed by atoms with Crippen LogP contribution in [0.4, 0.5) is 0 Å². The van der Waals surface area contributed by atoms with Gasteiger partial charge in [-0.1, -0.05) is 21.6 Å². The molecule has 232 valence electrons. The highest BCUT2D eigenvalue weighted by Crippen LogP contribution is 2.19. The molecule has 0 aromatic heterocycles. The van der Waals surface area contributed by atoms with Gasteiger partial charge in [-0.15, -0.1) is 0 Å². The molecule has 0 aliphatic heterocycles. The van der Waals surface area contributed by atoms with Crippen LogP contribution >= 0.6 is 21.6 Å². The predicted molar refractivity (Wildman–Crippen MR) is 152 cm³/mol. The standard InChI is InChI=1S/C24H46N6O8S2/c1-20(31)28(36)15-6-2-4-13-26-21(32)8-10-23(34)29(37)16-7-3-5-14-27-22(33)9-11-24(35)30(38)17-19-40-39-18-12-25/h36-38H,2-19,25H2,1H3,(H,26,32)(H,27,33). The summed E-state index contributed by atoms with van der Waals surface area (Å²) in [7, 11) is 3.08. The second kappa shape index (κ2) is 24.7. The lowest BCUT2D eigenvalue weighted by Gasteiger charge is -2.15. The summed E-state index contributed by atoms with van der Waals surface area (Å²) >= 11 is 0. The van der Waals surface area contributed by atoms with Crippen molar-refractivity contribution in [2.24, 2.45) is 5.73 Å². The van der Waals surface area contributed by atoms with Crippen molar-refractivity contribution in [1.82, 2.24) is 25.8 Å². The van der Waals surface area contributed by atoms with E-state index in [-0.39, 0.29) is 57.1 Å². The van der Waals surface area contributed by atoms with E-state index in [9.17, 15) is 39.6 Å². The SMILES string of the molecule is CC(=O)N(O)CCCCCNC(=O)CCC(=O)N(O)CCCCCNC(=O)CCC(=O)N(O)CCSSCCN. The van der Waals surface area contributed by atoms with E-state index in [2.05, 4.69) is 10.6 Å². The van der Waals surface area contributed by atoms with E-state index in [4.69, 9.17) is 5.73 Å². The Kier molecular flexibility index (Phi) is 23.4. The second-order valence-electron chi connectivity index (χ2n) is 8.93. The summed E-state index contributed by atoms with van der Waals surface area (Å²) < 4.78 is 0. The number of unbranched alkanes of at least 4 members (excludes halogenated alkanes) is 4. The maximum Gasteiger partial charge on any atom is 0.246 e. The molecule has 0 aliphatic rings. The first kappa shape index (κ1) is 37.9. The molecule has 0 unspecified atom stereocenters. The third kappa shape index (κ3) is 21.7. The summed E-state index contributed by atoms with van der Waals surface area (Å²) in [4.78, 5) is 58.5. The molecule has 0 saturated heterocycles. The number of carbonyl (C=O) groups excluding carboxylic acids is 5. The summed E-state index contributed by atoms with van der Waals surface area (Å²) in [6.45, 7) is 3.17. The summed E-state index contributed by atoms with van der Waals surface area (Å²) in [6.07, 6.45) is 3.51. The highest BCUT2D eigenvalue weighted by molar-refractivity contribution is 8.76. The Morgan fingerprint density at radius 1 is 0.625 bits per heavy atom. The van der Waals surface area contributed by atoms with Crippen LogP contribution in [-0.4, -0.2) is 111 Å². The lowest BCUT2D eigenvalue weighted by Crippen LogP contribution is -2.32. The molecule has 0 rings (SSSR count). The fraction of sp³-hybridized carbons (Fsp3) is 0.792. The van der Waals surface area contributed by atoms with Gasteiger partial charge >= 0.3 is 0 Å². The third-order valence-corrected chi connectivity index (χ3v) is 7.90. The molecule has 0 radical (unpaired) electrons. The molecule has 0 fully saturated rings. The molecule has 0 bridgehead atoms. The fourth-order valence-corrected chi connectivity index (χ4v) is 4.95. The van der Waals surface area contributed by atoms with Gasteiger partial charge in [-0.05, 0) is 38.5 Å². The van der Waals surface area contributed by atoms with Crippen molar-refractivity contribution >= 4 is 51.1 Å². The zero-order chi connectivity index (χ0) is 30.2. The molecule has 0 atom stereocenters. The van der Waals surface area contributed by atoms with Gasteiger partial charge in [0.1, 0.15) is 0 Å². The van der Waals surface area contributed by atoms with Crippen LogP contribution in [0.25, 0.3) is 0 Å². The second-order valence-corrected chi connectivity index (χ2v) is 11.6. The Morgan fingerprint density at radius 2 is 1.07 bits per heavy atom. The van der Waals surface area contributed by atoms with E-state index in [0.717, 1.165) is 12.2 Å². The molecule has 7 N–H and O–H groups in total. The Balaban J connectivity index is 3.75. The van der Waals surface area contributed by atoms with Gasteiger partial charge in [0, 0.05) is 76.8 Å². The minimum Gasteiger partial charge on any atom is -0.356 e. The van der Waals surface area contributed by atoms with Crippen LogP contribution < -0.4 is 16.4 Å². The van der Waals surface area contributed by atoms with E-state index in [0.29, 0.717) is 72.7 Å². The van der Waals surface area contributed by atoms with Crippen LogP contribution in [0.5, 0.6) is 0 Å². The molecule has 5 amide bonds. The Labute approximate surface area is 244 Å². The van der Waals surface area contributed by atoms with Crippen LogP contribution in [0, 0.1) is 0 Å². The van der Waals surface area contributed by atoms with Crippen LogP contribution in [0.2, 0.25) is 0 Å². The quantitative estimate of drug-likeness (QED) is 0.0395. The van der Waals surface area contributed by atoms with Crippen molar-refractivity contribution in [1.29, 1.82) is 0 Å². The molecular formula is C24H46N6O8S2. The van der Waals surface area contributed by atoms with Crippen molar-refractivity contribution < 1.29 is 39.6 Å². The lowest BCUT2D eigenvalue weighted by molar-refractivity contribution is -0.166. The van der Waals surface area contributed by atoms with Crippen LogP contribution in [0.3, 0.4) is 0 Å². The van der Waals surface area contributed by atoms with Crippen molar-refractivity contribution in [2.45, 2.75) is 71.1 Å². The number of carbonyl (C=O) groups is 5. The zero-order valence-electron chi connectivity index (χ0n) is 23.3. The normalized spacial score (nSPS) is 10.6. The Hall–Kier alpha value is -2.11. The molecule has 0 saturated carbocycles. The minimum absolute atomic E-state index is 0.0268. The minimum atomic E-state index is -0.550. The van der Waals surface area contributed by atoms with Gasteiger partial charge in [-0.3, -0.25) is 39.6 Å². The number of hydrogen-bond acceptors (Lipinski definition) is 11. The molecule has 0 heterocycles. The number of nitrogens with zero attached hydrogens (tertiary/aromatic N) is 3. The van der Waals surface area contributed by atoms with Gasteiger partial charge in [-0.2, -0.15) is 0 Å². The van der Waals surface area contributed by atoms with Crippen LogP contribution in [0.15, 0.2) is 0 Å². The van der Waals surface area contributed by atoms with Gasteiger partial charge in [-0.25, -0.2) is 15.2 Å².